The molecule has 0 aromatic heterocycles. The Kier molecular flexibility index (Phi) is 7.69. The molecule has 8 heteroatoms. The highest BCUT2D eigenvalue weighted by molar-refractivity contribution is 7.98. The monoisotopic (exact) mass is 496 g/mol. The van der Waals surface area contributed by atoms with Gasteiger partial charge in [0.15, 0.2) is 0 Å². The summed E-state index contributed by atoms with van der Waals surface area (Å²) in [5.41, 5.74) is 3.30. The average Bonchev–Trinajstić information content (AvgIpc) is 3.45. The first-order chi connectivity index (χ1) is 16.9. The highest BCUT2D eigenvalue weighted by Crippen LogP contribution is 2.44. The van der Waals surface area contributed by atoms with Crippen LogP contribution in [0.4, 0.5) is 4.79 Å². The fraction of sp³-hybridized carbons (Fsp3) is 0.444. The molecule has 0 saturated carbocycles. The molecule has 2 amide bonds. The largest absolute Gasteiger partial charge is 0.479 e. The van der Waals surface area contributed by atoms with E-state index < -0.39 is 23.6 Å². The number of likely N-dealkylation sites (tertiary alicyclic amines) is 1. The van der Waals surface area contributed by atoms with E-state index in [-0.39, 0.29) is 18.4 Å². The van der Waals surface area contributed by atoms with Gasteiger partial charge in [0.2, 0.25) is 5.91 Å². The molecule has 2 N–H and O–H groups in total. The van der Waals surface area contributed by atoms with Crippen molar-refractivity contribution in [2.45, 2.75) is 50.1 Å². The van der Waals surface area contributed by atoms with Gasteiger partial charge in [0.05, 0.1) is 0 Å². The molecule has 2 aliphatic rings. The van der Waals surface area contributed by atoms with Crippen LogP contribution in [0.1, 0.15) is 49.7 Å². The van der Waals surface area contributed by atoms with E-state index >= 15 is 0 Å². The Hall–Kier alpha value is -3.00. The van der Waals surface area contributed by atoms with Gasteiger partial charge in [0.25, 0.3) is 0 Å². The van der Waals surface area contributed by atoms with Crippen molar-refractivity contribution in [3.8, 4) is 11.1 Å². The predicted molar refractivity (Wildman–Crippen MR) is 137 cm³/mol. The van der Waals surface area contributed by atoms with Crippen molar-refractivity contribution in [1.82, 2.24) is 10.2 Å². The molecule has 1 saturated heterocycles. The molecule has 7 nitrogen and oxygen atoms in total. The second kappa shape index (κ2) is 10.7. The van der Waals surface area contributed by atoms with Gasteiger partial charge in [-0.3, -0.25) is 4.79 Å². The number of fused-ring (bicyclic) bond motifs is 3. The summed E-state index contributed by atoms with van der Waals surface area (Å²) in [6, 6.07) is 15.4. The lowest BCUT2D eigenvalue weighted by Gasteiger charge is -2.36. The summed E-state index contributed by atoms with van der Waals surface area (Å²) in [4.78, 5) is 39.8. The summed E-state index contributed by atoms with van der Waals surface area (Å²) in [5, 5.41) is 12.6. The van der Waals surface area contributed by atoms with Crippen molar-refractivity contribution in [1.29, 1.82) is 0 Å². The number of carbonyl (C=O) groups is 3. The lowest BCUT2D eigenvalue weighted by molar-refractivity contribution is -0.157. The second-order valence-electron chi connectivity index (χ2n) is 9.09. The van der Waals surface area contributed by atoms with Crippen LogP contribution < -0.4 is 5.32 Å². The van der Waals surface area contributed by atoms with E-state index in [1.807, 2.05) is 30.5 Å². The summed E-state index contributed by atoms with van der Waals surface area (Å²) in [7, 11) is 0. The van der Waals surface area contributed by atoms with E-state index in [1.54, 1.807) is 18.7 Å². The first-order valence-corrected chi connectivity index (χ1v) is 13.5. The van der Waals surface area contributed by atoms with Crippen LogP contribution in [0.3, 0.4) is 0 Å². The van der Waals surface area contributed by atoms with Crippen LogP contribution in [0.25, 0.3) is 11.1 Å². The van der Waals surface area contributed by atoms with Crippen molar-refractivity contribution in [2.24, 2.45) is 0 Å². The van der Waals surface area contributed by atoms with Gasteiger partial charge in [0.1, 0.15) is 18.2 Å². The average molecular weight is 497 g/mol. The normalized spacial score (nSPS) is 19.7. The number of amides is 2. The molecular formula is C27H32N2O5S. The molecule has 2 unspecified atom stereocenters. The van der Waals surface area contributed by atoms with Gasteiger partial charge in [-0.15, -0.1) is 0 Å². The number of alkyl carbamates (subject to hydrolysis) is 1. The van der Waals surface area contributed by atoms with Crippen molar-refractivity contribution < 1.29 is 24.2 Å². The first kappa shape index (κ1) is 25.1. The zero-order valence-electron chi connectivity index (χ0n) is 20.2. The van der Waals surface area contributed by atoms with Crippen molar-refractivity contribution in [3.05, 3.63) is 59.7 Å². The number of nitrogens with zero attached hydrogens (tertiary/aromatic N) is 1. The Labute approximate surface area is 210 Å². The van der Waals surface area contributed by atoms with E-state index in [4.69, 9.17) is 4.74 Å². The smallest absolute Gasteiger partial charge is 0.407 e. The molecule has 186 valence electrons. The number of aliphatic carboxylic acids is 1. The van der Waals surface area contributed by atoms with Crippen molar-refractivity contribution in [3.63, 3.8) is 0 Å². The quantitative estimate of drug-likeness (QED) is 0.531. The maximum absolute atomic E-state index is 13.4. The summed E-state index contributed by atoms with van der Waals surface area (Å²) in [5.74, 6) is -0.767. The molecule has 0 radical (unpaired) electrons. The number of rotatable bonds is 9. The molecule has 2 aromatic rings. The highest BCUT2D eigenvalue weighted by Gasteiger charge is 2.50. The fourth-order valence-electron chi connectivity index (χ4n) is 5.40. The highest BCUT2D eigenvalue weighted by atomic mass is 32.2. The number of benzene rings is 2. The van der Waals surface area contributed by atoms with E-state index in [0.29, 0.717) is 38.0 Å². The number of ether oxygens (including phenoxy) is 1. The third kappa shape index (κ3) is 4.76. The minimum Gasteiger partial charge on any atom is -0.479 e. The first-order valence-electron chi connectivity index (χ1n) is 12.1. The van der Waals surface area contributed by atoms with Crippen molar-refractivity contribution >= 4 is 29.7 Å². The molecule has 2 aromatic carbocycles. The molecule has 0 bridgehead atoms. The van der Waals surface area contributed by atoms with Crippen LogP contribution in [0, 0.1) is 0 Å². The number of hydrogen-bond donors (Lipinski definition) is 2. The zero-order valence-corrected chi connectivity index (χ0v) is 21.0. The number of carbonyl (C=O) groups excluding carboxylic acids is 2. The number of carboxylic acids is 1. The Bertz CT molecular complexity index is 1060. The van der Waals surface area contributed by atoms with E-state index in [1.165, 1.54) is 4.90 Å². The van der Waals surface area contributed by atoms with Crippen LogP contribution in [-0.2, 0) is 14.3 Å². The molecule has 1 aliphatic heterocycles. The minimum absolute atomic E-state index is 0.0770. The Balaban J connectivity index is 1.46. The van der Waals surface area contributed by atoms with Crippen LogP contribution in [0.5, 0.6) is 0 Å². The van der Waals surface area contributed by atoms with E-state index in [9.17, 15) is 19.5 Å². The molecule has 1 aliphatic carbocycles. The van der Waals surface area contributed by atoms with Gasteiger partial charge in [-0.1, -0.05) is 55.5 Å². The SMILES string of the molecule is CCC1(C(=O)O)CCCN1C(=O)C(CCSC)NC(=O)OCC1c2ccccc2-c2ccccc21. The maximum Gasteiger partial charge on any atom is 0.407 e. The predicted octanol–water partition coefficient (Wildman–Crippen LogP) is 4.50. The summed E-state index contributed by atoms with van der Waals surface area (Å²) < 4.78 is 5.64. The number of carboxylic acid groups (broad SMARTS) is 1. The molecule has 1 heterocycles. The van der Waals surface area contributed by atoms with Gasteiger partial charge >= 0.3 is 12.1 Å². The summed E-state index contributed by atoms with van der Waals surface area (Å²) >= 11 is 1.57. The minimum atomic E-state index is -1.21. The van der Waals surface area contributed by atoms with Gasteiger partial charge in [-0.2, -0.15) is 11.8 Å². The number of hydrogen-bond acceptors (Lipinski definition) is 5. The van der Waals surface area contributed by atoms with Gasteiger partial charge in [-0.05, 0) is 59.9 Å². The lowest BCUT2D eigenvalue weighted by atomic mass is 9.92. The molecule has 4 rings (SSSR count). The van der Waals surface area contributed by atoms with E-state index in [0.717, 1.165) is 22.3 Å². The van der Waals surface area contributed by atoms with Gasteiger partial charge < -0.3 is 20.1 Å². The Morgan fingerprint density at radius 3 is 2.34 bits per heavy atom. The fourth-order valence-corrected chi connectivity index (χ4v) is 5.88. The standard InChI is InChI=1S/C27H32N2O5S/c1-3-27(25(31)32)14-8-15-29(27)24(30)23(13-16-35-2)28-26(33)34-17-22-20-11-6-4-9-18(20)19-10-5-7-12-21(19)22/h4-7,9-12,22-23H,3,8,13-17H2,1-2H3,(H,28,33)(H,31,32). The number of thioether (sulfide) groups is 1. The Morgan fingerprint density at radius 1 is 1.14 bits per heavy atom. The summed E-state index contributed by atoms with van der Waals surface area (Å²) in [6.45, 7) is 2.32. The van der Waals surface area contributed by atoms with E-state index in [2.05, 4.69) is 29.6 Å². The third-order valence-electron chi connectivity index (χ3n) is 7.28. The topological polar surface area (TPSA) is 95.9 Å². The van der Waals surface area contributed by atoms with Crippen LogP contribution in [-0.4, -0.2) is 64.7 Å². The molecule has 2 atom stereocenters. The van der Waals surface area contributed by atoms with Crippen molar-refractivity contribution in [2.75, 3.05) is 25.2 Å². The lowest BCUT2D eigenvalue weighted by Crippen LogP contribution is -2.58. The maximum atomic E-state index is 13.4. The zero-order chi connectivity index (χ0) is 25.0. The molecule has 1 fully saturated rings. The van der Waals surface area contributed by atoms with Gasteiger partial charge in [0, 0.05) is 12.5 Å². The summed E-state index contributed by atoms with van der Waals surface area (Å²) in [6.07, 6.45) is 3.05. The number of nitrogens with one attached hydrogen (secondary N) is 1. The molecule has 35 heavy (non-hydrogen) atoms. The van der Waals surface area contributed by atoms with Crippen LogP contribution in [0.15, 0.2) is 48.5 Å². The Morgan fingerprint density at radius 2 is 1.77 bits per heavy atom. The second-order valence-corrected chi connectivity index (χ2v) is 10.1. The molecular weight excluding hydrogens is 464 g/mol. The molecule has 0 spiro atoms. The van der Waals surface area contributed by atoms with Gasteiger partial charge in [-0.25, -0.2) is 9.59 Å². The van der Waals surface area contributed by atoms with Crippen LogP contribution >= 0.6 is 11.8 Å². The van der Waals surface area contributed by atoms with Crippen LogP contribution in [0.2, 0.25) is 0 Å². The third-order valence-corrected chi connectivity index (χ3v) is 7.93.